The maximum absolute atomic E-state index is 5.55. The number of hydrogen-bond donors (Lipinski definition) is 0. The first kappa shape index (κ1) is 15.3. The molecule has 0 radical (unpaired) electrons. The van der Waals surface area contributed by atoms with Crippen LogP contribution >= 0.6 is 0 Å². The molecule has 122 valence electrons. The average Bonchev–Trinajstić information content (AvgIpc) is 3.15. The zero-order chi connectivity index (χ0) is 17.1. The van der Waals surface area contributed by atoms with E-state index in [0.717, 1.165) is 39.3 Å². The van der Waals surface area contributed by atoms with E-state index >= 15 is 0 Å². The normalized spacial score (nSPS) is 11.8. The van der Waals surface area contributed by atoms with Crippen LogP contribution in [-0.2, 0) is 0 Å². The van der Waals surface area contributed by atoms with Crippen LogP contribution in [0.25, 0.3) is 11.1 Å². The maximum atomic E-state index is 5.55. The highest BCUT2D eigenvalue weighted by Crippen LogP contribution is 2.38. The quantitative estimate of drug-likeness (QED) is 0.461. The van der Waals surface area contributed by atoms with Crippen LogP contribution in [0.3, 0.4) is 0 Å². The largest absolute Gasteiger partial charge is 0.454 e. The molecule has 3 aromatic rings. The molecule has 1 heterocycles. The van der Waals surface area contributed by atoms with Gasteiger partial charge in [-0.3, -0.25) is 0 Å². The topological polar surface area (TPSA) is 18.5 Å². The predicted octanol–water partition coefficient (Wildman–Crippen LogP) is 5.56. The molecule has 3 aromatic carbocycles. The van der Waals surface area contributed by atoms with E-state index in [1.165, 1.54) is 0 Å². The smallest absolute Gasteiger partial charge is 0.231 e. The van der Waals surface area contributed by atoms with Gasteiger partial charge >= 0.3 is 0 Å². The molecule has 4 rings (SSSR count). The first-order valence-corrected chi connectivity index (χ1v) is 8.24. The molecule has 2 nitrogen and oxygen atoms in total. The number of rotatable bonds is 4. The van der Waals surface area contributed by atoms with Gasteiger partial charge in [-0.1, -0.05) is 79.4 Å². The molecule has 0 saturated heterocycles. The lowest BCUT2D eigenvalue weighted by Crippen LogP contribution is -1.94. The summed E-state index contributed by atoms with van der Waals surface area (Å²) in [5.74, 6) is 1.56. The summed E-state index contributed by atoms with van der Waals surface area (Å²) in [5, 5.41) is 0. The van der Waals surface area contributed by atoms with E-state index in [-0.39, 0.29) is 6.79 Å². The monoisotopic (exact) mass is 326 g/mol. The first-order valence-electron chi connectivity index (χ1n) is 8.24. The third-order valence-electron chi connectivity index (χ3n) is 4.28. The second kappa shape index (κ2) is 6.70. The van der Waals surface area contributed by atoms with Gasteiger partial charge in [0.2, 0.25) is 6.79 Å². The van der Waals surface area contributed by atoms with Crippen LogP contribution in [0.4, 0.5) is 0 Å². The van der Waals surface area contributed by atoms with Gasteiger partial charge in [0.05, 0.1) is 0 Å². The molecule has 0 aromatic heterocycles. The van der Waals surface area contributed by atoms with Crippen LogP contribution in [0.5, 0.6) is 11.5 Å². The Hall–Kier alpha value is -3.26. The Kier molecular flexibility index (Phi) is 4.09. The molecule has 1 aliphatic rings. The van der Waals surface area contributed by atoms with Gasteiger partial charge in [0.25, 0.3) is 0 Å². The summed E-state index contributed by atoms with van der Waals surface area (Å²) in [5.41, 5.74) is 5.58. The van der Waals surface area contributed by atoms with Gasteiger partial charge in [-0.25, -0.2) is 0 Å². The molecule has 1 aliphatic heterocycles. The SMILES string of the molecule is C=CC(=C(c1ccccc1)c1ccccc1)c1ccc2c(c1)OCO2. The van der Waals surface area contributed by atoms with Crippen molar-refractivity contribution in [1.29, 1.82) is 0 Å². The molecule has 2 heteroatoms. The molecule has 0 amide bonds. The highest BCUT2D eigenvalue weighted by atomic mass is 16.7. The van der Waals surface area contributed by atoms with E-state index in [1.54, 1.807) is 0 Å². The summed E-state index contributed by atoms with van der Waals surface area (Å²) in [7, 11) is 0. The fourth-order valence-corrected chi connectivity index (χ4v) is 3.12. The van der Waals surface area contributed by atoms with Crippen LogP contribution in [-0.4, -0.2) is 6.79 Å². The van der Waals surface area contributed by atoms with Crippen molar-refractivity contribution in [2.75, 3.05) is 6.79 Å². The highest BCUT2D eigenvalue weighted by molar-refractivity contribution is 6.02. The van der Waals surface area contributed by atoms with E-state index in [2.05, 4.69) is 61.2 Å². The molecule has 0 bridgehead atoms. The molecule has 0 N–H and O–H groups in total. The number of hydrogen-bond acceptors (Lipinski definition) is 2. The van der Waals surface area contributed by atoms with Gasteiger partial charge in [0.1, 0.15) is 0 Å². The van der Waals surface area contributed by atoms with Crippen LogP contribution < -0.4 is 9.47 Å². The van der Waals surface area contributed by atoms with E-state index < -0.39 is 0 Å². The lowest BCUT2D eigenvalue weighted by atomic mass is 9.89. The molecule has 0 atom stereocenters. The fourth-order valence-electron chi connectivity index (χ4n) is 3.12. The molecule has 0 saturated carbocycles. The Labute approximate surface area is 147 Å². The standard InChI is InChI=1S/C23H18O2/c1-2-20(19-13-14-21-22(15-19)25-16-24-21)23(17-9-5-3-6-10-17)18-11-7-4-8-12-18/h2-15H,1,16H2. The van der Waals surface area contributed by atoms with Crippen molar-refractivity contribution in [3.05, 3.63) is 108 Å². The van der Waals surface area contributed by atoms with E-state index in [1.807, 2.05) is 30.3 Å². The minimum Gasteiger partial charge on any atom is -0.454 e. The summed E-state index contributed by atoms with van der Waals surface area (Å²) >= 11 is 0. The summed E-state index contributed by atoms with van der Waals surface area (Å²) in [6.07, 6.45) is 1.91. The number of allylic oxidation sites excluding steroid dienone is 2. The van der Waals surface area contributed by atoms with Gasteiger partial charge in [0.15, 0.2) is 11.5 Å². The third kappa shape index (κ3) is 2.94. The van der Waals surface area contributed by atoms with Gasteiger partial charge in [0, 0.05) is 0 Å². The van der Waals surface area contributed by atoms with Crippen molar-refractivity contribution in [2.24, 2.45) is 0 Å². The van der Waals surface area contributed by atoms with Gasteiger partial charge in [-0.2, -0.15) is 0 Å². The summed E-state index contributed by atoms with van der Waals surface area (Å²) in [6.45, 7) is 4.35. The molecule has 0 unspecified atom stereocenters. The Morgan fingerprint density at radius 2 is 1.32 bits per heavy atom. The molecule has 0 fully saturated rings. The van der Waals surface area contributed by atoms with Crippen molar-refractivity contribution >= 4 is 11.1 Å². The van der Waals surface area contributed by atoms with Crippen LogP contribution in [0, 0.1) is 0 Å². The zero-order valence-electron chi connectivity index (χ0n) is 13.8. The third-order valence-corrected chi connectivity index (χ3v) is 4.28. The number of ether oxygens (including phenoxy) is 2. The van der Waals surface area contributed by atoms with Crippen LogP contribution in [0.15, 0.2) is 91.5 Å². The van der Waals surface area contributed by atoms with E-state index in [0.29, 0.717) is 0 Å². The van der Waals surface area contributed by atoms with Gasteiger partial charge < -0.3 is 9.47 Å². The Bertz CT molecular complexity index is 883. The van der Waals surface area contributed by atoms with E-state index in [9.17, 15) is 0 Å². The summed E-state index contributed by atoms with van der Waals surface area (Å²) in [6, 6.07) is 26.8. The Morgan fingerprint density at radius 1 is 0.720 bits per heavy atom. The fraction of sp³-hybridized carbons (Fsp3) is 0.0435. The Morgan fingerprint density at radius 3 is 1.92 bits per heavy atom. The van der Waals surface area contributed by atoms with Crippen molar-refractivity contribution in [3.63, 3.8) is 0 Å². The van der Waals surface area contributed by atoms with Gasteiger partial charge in [-0.15, -0.1) is 0 Å². The molecule has 0 aliphatic carbocycles. The first-order chi connectivity index (χ1) is 12.4. The zero-order valence-corrected chi connectivity index (χ0v) is 13.8. The number of fused-ring (bicyclic) bond motifs is 1. The van der Waals surface area contributed by atoms with Crippen molar-refractivity contribution < 1.29 is 9.47 Å². The lowest BCUT2D eigenvalue weighted by molar-refractivity contribution is 0.174. The highest BCUT2D eigenvalue weighted by Gasteiger charge is 2.17. The summed E-state index contributed by atoms with van der Waals surface area (Å²) in [4.78, 5) is 0. The maximum Gasteiger partial charge on any atom is 0.231 e. The average molecular weight is 326 g/mol. The van der Waals surface area contributed by atoms with Crippen molar-refractivity contribution in [1.82, 2.24) is 0 Å². The molecular formula is C23H18O2. The van der Waals surface area contributed by atoms with Crippen molar-refractivity contribution in [2.45, 2.75) is 0 Å². The predicted molar refractivity (Wildman–Crippen MR) is 102 cm³/mol. The van der Waals surface area contributed by atoms with E-state index in [4.69, 9.17) is 9.47 Å². The molecular weight excluding hydrogens is 308 g/mol. The van der Waals surface area contributed by atoms with Crippen LogP contribution in [0.1, 0.15) is 16.7 Å². The minimum atomic E-state index is 0.274. The molecule has 25 heavy (non-hydrogen) atoms. The van der Waals surface area contributed by atoms with Crippen molar-refractivity contribution in [3.8, 4) is 11.5 Å². The van der Waals surface area contributed by atoms with Gasteiger partial charge in [-0.05, 0) is 40.0 Å². The second-order valence-corrected chi connectivity index (χ2v) is 5.79. The number of benzene rings is 3. The molecule has 0 spiro atoms. The lowest BCUT2D eigenvalue weighted by Gasteiger charge is -2.15. The second-order valence-electron chi connectivity index (χ2n) is 5.79. The Balaban J connectivity index is 1.95. The van der Waals surface area contributed by atoms with Crippen LogP contribution in [0.2, 0.25) is 0 Å². The minimum absolute atomic E-state index is 0.274. The summed E-state index contributed by atoms with van der Waals surface area (Å²) < 4.78 is 11.0.